The zero-order valence-electron chi connectivity index (χ0n) is 16.4. The Morgan fingerprint density at radius 2 is 1.83 bits per heavy atom. The summed E-state index contributed by atoms with van der Waals surface area (Å²) in [5.41, 5.74) is 4.84. The molecule has 1 atom stereocenters. The second-order valence-corrected chi connectivity index (χ2v) is 6.85. The molecule has 6 nitrogen and oxygen atoms in total. The summed E-state index contributed by atoms with van der Waals surface area (Å²) in [4.78, 5) is 16.2. The normalized spacial score (nSPS) is 15.7. The van der Waals surface area contributed by atoms with Crippen LogP contribution in [0.5, 0.6) is 5.75 Å². The van der Waals surface area contributed by atoms with Gasteiger partial charge in [-0.2, -0.15) is 5.10 Å². The molecule has 0 saturated heterocycles. The molecule has 29 heavy (non-hydrogen) atoms. The van der Waals surface area contributed by atoms with Gasteiger partial charge in [-0.25, -0.2) is 5.01 Å². The zero-order valence-corrected chi connectivity index (χ0v) is 16.4. The molecule has 1 aliphatic heterocycles. The van der Waals surface area contributed by atoms with Crippen molar-refractivity contribution in [2.45, 2.75) is 19.4 Å². The molecule has 2 heterocycles. The molecule has 1 aliphatic rings. The third kappa shape index (κ3) is 4.11. The van der Waals surface area contributed by atoms with Gasteiger partial charge in [0, 0.05) is 37.1 Å². The van der Waals surface area contributed by atoms with E-state index in [4.69, 9.17) is 4.74 Å². The molecule has 2 aromatic carbocycles. The molecule has 0 fully saturated rings. The summed E-state index contributed by atoms with van der Waals surface area (Å²) in [5, 5.41) is 9.58. The predicted molar refractivity (Wildman–Crippen MR) is 113 cm³/mol. The molecule has 0 radical (unpaired) electrons. The highest BCUT2D eigenvalue weighted by Crippen LogP contribution is 2.34. The molecular weight excluding hydrogens is 364 g/mol. The Hall–Kier alpha value is -3.67. The minimum absolute atomic E-state index is 0.0770. The molecular formula is C23H22N4O2. The van der Waals surface area contributed by atoms with Gasteiger partial charge in [0.15, 0.2) is 0 Å². The molecule has 0 aliphatic carbocycles. The van der Waals surface area contributed by atoms with Gasteiger partial charge >= 0.3 is 0 Å². The Labute approximate surface area is 169 Å². The number of amides is 1. The smallest absolute Gasteiger partial charge is 0.240 e. The largest absolute Gasteiger partial charge is 0.497 e. The predicted octanol–water partition coefficient (Wildman–Crippen LogP) is 4.53. The van der Waals surface area contributed by atoms with E-state index >= 15 is 0 Å². The number of hydrogen-bond acceptors (Lipinski definition) is 5. The maximum Gasteiger partial charge on any atom is 0.240 e. The van der Waals surface area contributed by atoms with E-state index in [2.05, 4.69) is 15.4 Å². The van der Waals surface area contributed by atoms with Crippen molar-refractivity contribution in [3.05, 3.63) is 84.2 Å². The third-order valence-electron chi connectivity index (χ3n) is 4.90. The fourth-order valence-electron chi connectivity index (χ4n) is 3.44. The maximum absolute atomic E-state index is 12.2. The first-order valence-corrected chi connectivity index (χ1v) is 9.43. The monoisotopic (exact) mass is 386 g/mol. The van der Waals surface area contributed by atoms with Gasteiger partial charge in [0.05, 0.1) is 18.9 Å². The zero-order chi connectivity index (χ0) is 20.2. The second kappa shape index (κ2) is 8.14. The Morgan fingerprint density at radius 1 is 1.07 bits per heavy atom. The Bertz CT molecular complexity index is 1030. The molecule has 0 spiro atoms. The van der Waals surface area contributed by atoms with Crippen LogP contribution in [0.25, 0.3) is 0 Å². The van der Waals surface area contributed by atoms with E-state index in [0.717, 1.165) is 34.0 Å². The minimum atomic E-state index is -0.120. The highest BCUT2D eigenvalue weighted by atomic mass is 16.5. The molecule has 3 aromatic rings. The van der Waals surface area contributed by atoms with E-state index in [9.17, 15) is 4.79 Å². The molecule has 1 aromatic heterocycles. The lowest BCUT2D eigenvalue weighted by atomic mass is 9.98. The summed E-state index contributed by atoms with van der Waals surface area (Å²) in [6.07, 6.45) is 4.15. The molecule has 1 amide bonds. The molecule has 0 saturated carbocycles. The number of ether oxygens (including phenoxy) is 1. The van der Waals surface area contributed by atoms with Gasteiger partial charge in [-0.05, 0) is 47.5 Å². The van der Waals surface area contributed by atoms with Crippen molar-refractivity contribution < 1.29 is 9.53 Å². The van der Waals surface area contributed by atoms with Crippen LogP contribution >= 0.6 is 0 Å². The number of nitrogens with one attached hydrogen (secondary N) is 1. The summed E-state index contributed by atoms with van der Waals surface area (Å²) in [7, 11) is 1.64. The second-order valence-electron chi connectivity index (χ2n) is 6.85. The lowest BCUT2D eigenvalue weighted by Crippen LogP contribution is -2.24. The summed E-state index contributed by atoms with van der Waals surface area (Å²) in [6, 6.07) is 19.6. The lowest BCUT2D eigenvalue weighted by Gasteiger charge is -2.20. The lowest BCUT2D eigenvalue weighted by molar-refractivity contribution is -0.130. The van der Waals surface area contributed by atoms with Crippen molar-refractivity contribution in [1.29, 1.82) is 0 Å². The minimum Gasteiger partial charge on any atom is -0.497 e. The molecule has 0 bridgehead atoms. The van der Waals surface area contributed by atoms with Crippen LogP contribution in [0.15, 0.2) is 78.2 Å². The van der Waals surface area contributed by atoms with Crippen LogP contribution in [0, 0.1) is 0 Å². The number of hydrazone groups is 1. The number of aromatic nitrogens is 1. The van der Waals surface area contributed by atoms with Crippen molar-refractivity contribution in [2.24, 2.45) is 5.10 Å². The summed E-state index contributed by atoms with van der Waals surface area (Å²) < 4.78 is 5.24. The standard InChI is InChI=1S/C23H22N4O2/c1-16(28)27-23(17-6-8-21(29-2)9-7-17)15-22(26-27)18-4-3-5-20(14-18)25-19-10-12-24-13-11-19/h3-14,23H,15H2,1-2H3,(H,24,25). The van der Waals surface area contributed by atoms with Crippen LogP contribution < -0.4 is 10.1 Å². The number of benzene rings is 2. The Kier molecular flexibility index (Phi) is 5.24. The van der Waals surface area contributed by atoms with Gasteiger partial charge in [0.1, 0.15) is 5.75 Å². The van der Waals surface area contributed by atoms with Gasteiger partial charge in [0.25, 0.3) is 0 Å². The van der Waals surface area contributed by atoms with E-state index in [-0.39, 0.29) is 11.9 Å². The van der Waals surface area contributed by atoms with Gasteiger partial charge < -0.3 is 10.1 Å². The van der Waals surface area contributed by atoms with Crippen LogP contribution in [0.1, 0.15) is 30.5 Å². The van der Waals surface area contributed by atoms with E-state index in [1.165, 1.54) is 0 Å². The van der Waals surface area contributed by atoms with Crippen LogP contribution in [-0.2, 0) is 4.79 Å². The highest BCUT2D eigenvalue weighted by molar-refractivity contribution is 6.03. The van der Waals surface area contributed by atoms with E-state index in [1.807, 2.05) is 60.7 Å². The fraction of sp³-hybridized carbons (Fsp3) is 0.174. The number of rotatable bonds is 5. The van der Waals surface area contributed by atoms with E-state index < -0.39 is 0 Å². The van der Waals surface area contributed by atoms with Crippen molar-refractivity contribution in [3.8, 4) is 5.75 Å². The number of carbonyl (C=O) groups is 1. The first kappa shape index (κ1) is 18.7. The number of methoxy groups -OCH3 is 1. The van der Waals surface area contributed by atoms with Gasteiger partial charge in [-0.1, -0.05) is 24.3 Å². The summed E-state index contributed by atoms with van der Waals surface area (Å²) in [5.74, 6) is 0.712. The van der Waals surface area contributed by atoms with Gasteiger partial charge in [0.2, 0.25) is 5.91 Å². The van der Waals surface area contributed by atoms with Crippen molar-refractivity contribution in [2.75, 3.05) is 12.4 Å². The van der Waals surface area contributed by atoms with Crippen LogP contribution in [0.2, 0.25) is 0 Å². The quantitative estimate of drug-likeness (QED) is 0.699. The third-order valence-corrected chi connectivity index (χ3v) is 4.90. The van der Waals surface area contributed by atoms with E-state index in [1.54, 1.807) is 31.4 Å². The highest BCUT2D eigenvalue weighted by Gasteiger charge is 2.31. The SMILES string of the molecule is COc1ccc(C2CC(c3cccc(Nc4ccncc4)c3)=NN2C(C)=O)cc1. The average molecular weight is 386 g/mol. The first-order chi connectivity index (χ1) is 14.1. The number of anilines is 2. The topological polar surface area (TPSA) is 66.8 Å². The average Bonchev–Trinajstić information content (AvgIpc) is 3.21. The number of pyridine rings is 1. The van der Waals surface area contributed by atoms with Gasteiger partial charge in [-0.3, -0.25) is 9.78 Å². The van der Waals surface area contributed by atoms with E-state index in [0.29, 0.717) is 6.42 Å². The molecule has 4 rings (SSSR count). The van der Waals surface area contributed by atoms with Crippen LogP contribution in [0.3, 0.4) is 0 Å². The molecule has 146 valence electrons. The maximum atomic E-state index is 12.2. The number of hydrogen-bond donors (Lipinski definition) is 1. The number of nitrogens with zero attached hydrogens (tertiary/aromatic N) is 3. The molecule has 1 N–H and O–H groups in total. The van der Waals surface area contributed by atoms with Crippen LogP contribution in [0.4, 0.5) is 11.4 Å². The van der Waals surface area contributed by atoms with Crippen LogP contribution in [-0.4, -0.2) is 28.7 Å². The van der Waals surface area contributed by atoms with Crippen molar-refractivity contribution >= 4 is 23.0 Å². The Morgan fingerprint density at radius 3 is 2.52 bits per heavy atom. The summed E-state index contributed by atoms with van der Waals surface area (Å²) >= 11 is 0. The summed E-state index contributed by atoms with van der Waals surface area (Å²) in [6.45, 7) is 1.55. The van der Waals surface area contributed by atoms with Crippen molar-refractivity contribution in [1.82, 2.24) is 9.99 Å². The number of carbonyl (C=O) groups excluding carboxylic acids is 1. The van der Waals surface area contributed by atoms with Gasteiger partial charge in [-0.15, -0.1) is 0 Å². The van der Waals surface area contributed by atoms with Crippen molar-refractivity contribution in [3.63, 3.8) is 0 Å². The fourth-order valence-corrected chi connectivity index (χ4v) is 3.44. The molecule has 6 heteroatoms. The Balaban J connectivity index is 1.59. The first-order valence-electron chi connectivity index (χ1n) is 9.43. The molecule has 1 unspecified atom stereocenters.